The molecule has 21 heavy (non-hydrogen) atoms. The summed E-state index contributed by atoms with van der Waals surface area (Å²) in [5.41, 5.74) is 12.8. The number of rotatable bonds is 6. The lowest BCUT2D eigenvalue weighted by Crippen LogP contribution is -2.45. The maximum atomic E-state index is 12.1. The van der Waals surface area contributed by atoms with Crippen LogP contribution < -0.4 is 16.9 Å². The van der Waals surface area contributed by atoms with E-state index in [1.54, 1.807) is 5.43 Å². The van der Waals surface area contributed by atoms with Gasteiger partial charge in [0.15, 0.2) is 5.03 Å². The van der Waals surface area contributed by atoms with Crippen LogP contribution >= 0.6 is 0 Å². The van der Waals surface area contributed by atoms with Gasteiger partial charge < -0.3 is 16.4 Å². The number of likely N-dealkylation sites (tertiary alicyclic amines) is 1. The average Bonchev–Trinajstić information content (AvgIpc) is 2.90. The number of guanidine groups is 1. The fraction of sp³-hybridized carbons (Fsp3) is 0.727. The van der Waals surface area contributed by atoms with E-state index in [0.29, 0.717) is 25.8 Å². The van der Waals surface area contributed by atoms with E-state index in [0.717, 1.165) is 6.42 Å². The van der Waals surface area contributed by atoms with Gasteiger partial charge >= 0.3 is 0 Å². The summed E-state index contributed by atoms with van der Waals surface area (Å²) in [5.74, 6) is -0.525. The van der Waals surface area contributed by atoms with E-state index in [1.165, 1.54) is 4.90 Å². The Kier molecular flexibility index (Phi) is 6.35. The molecule has 0 aromatic heterocycles. The summed E-state index contributed by atoms with van der Waals surface area (Å²) in [4.78, 5) is 27.4. The van der Waals surface area contributed by atoms with Crippen molar-refractivity contribution in [2.75, 3.05) is 13.1 Å². The molecule has 1 amide bonds. The molecule has 0 aromatic carbocycles. The predicted octanol–water partition coefficient (Wildman–Crippen LogP) is -1.30. The number of carbonyl (C=O) groups excluding carboxylic acids is 1. The van der Waals surface area contributed by atoms with E-state index < -0.39 is 11.1 Å². The molecule has 0 aromatic rings. The van der Waals surface area contributed by atoms with Crippen LogP contribution in [0.2, 0.25) is 0 Å². The third kappa shape index (κ3) is 5.23. The van der Waals surface area contributed by atoms with Crippen LogP contribution in [0.5, 0.6) is 0 Å². The quantitative estimate of drug-likeness (QED) is 0.180. The number of nitriles is 1. The van der Waals surface area contributed by atoms with Crippen molar-refractivity contribution < 1.29 is 9.83 Å². The number of hydrogen-bond acceptors (Lipinski definition) is 6. The third-order valence-electron chi connectivity index (χ3n) is 3.16. The first kappa shape index (κ1) is 16.6. The maximum absolute atomic E-state index is 12.1. The van der Waals surface area contributed by atoms with Gasteiger partial charge in [-0.15, -0.1) is 0 Å². The lowest BCUT2D eigenvalue weighted by atomic mass is 10.1. The zero-order valence-electron chi connectivity index (χ0n) is 11.6. The fourth-order valence-electron chi connectivity index (χ4n) is 2.14. The number of aliphatic imine (C=N–C) groups is 1. The Bertz CT molecular complexity index is 459. The van der Waals surface area contributed by atoms with Crippen LogP contribution in [0.25, 0.3) is 0 Å². The minimum atomic E-state index is -0.802. The molecule has 2 unspecified atom stereocenters. The molecule has 2 atom stereocenters. The summed E-state index contributed by atoms with van der Waals surface area (Å²) < 4.78 is 0. The van der Waals surface area contributed by atoms with Gasteiger partial charge in [0.2, 0.25) is 5.91 Å². The highest BCUT2D eigenvalue weighted by atomic mass is 16.7. The number of nitrogens with one attached hydrogen (secondary N) is 1. The average molecular weight is 297 g/mol. The van der Waals surface area contributed by atoms with Crippen LogP contribution in [0.1, 0.15) is 25.7 Å². The molecule has 1 fully saturated rings. The molecule has 0 radical (unpaired) electrons. The van der Waals surface area contributed by atoms with Crippen molar-refractivity contribution in [1.82, 2.24) is 10.3 Å². The van der Waals surface area contributed by atoms with Crippen molar-refractivity contribution in [3.8, 4) is 6.07 Å². The lowest BCUT2D eigenvalue weighted by Gasteiger charge is -2.23. The largest absolute Gasteiger partial charge is 0.365 e. The topological polar surface area (TPSA) is 164 Å². The summed E-state index contributed by atoms with van der Waals surface area (Å²) >= 11 is 0. The van der Waals surface area contributed by atoms with Crippen LogP contribution in [-0.4, -0.2) is 47.0 Å². The van der Waals surface area contributed by atoms with Crippen LogP contribution in [0.15, 0.2) is 4.99 Å². The lowest BCUT2D eigenvalue weighted by molar-refractivity contribution is -0.525. The molecule has 10 nitrogen and oxygen atoms in total. The van der Waals surface area contributed by atoms with Crippen molar-refractivity contribution in [2.45, 2.75) is 37.8 Å². The highest BCUT2D eigenvalue weighted by molar-refractivity contribution is 5.82. The molecule has 0 aliphatic carbocycles. The minimum absolute atomic E-state index is 0.231. The first-order chi connectivity index (χ1) is 9.95. The standard InChI is InChI=1S/C11H19N7O3/c12-7-8-3-2-6-17(8)10(19)9(13)4-1-5-15-11(14)16-18(20)21/h8-9H,1-6,13H2,(H3,14,15,16). The normalized spacial score (nSPS) is 19.9. The van der Waals surface area contributed by atoms with E-state index in [1.807, 2.05) is 0 Å². The van der Waals surface area contributed by atoms with Crippen molar-refractivity contribution in [3.63, 3.8) is 0 Å². The van der Waals surface area contributed by atoms with Crippen LogP contribution in [0.3, 0.4) is 0 Å². The molecule has 1 rings (SSSR count). The second-order valence-corrected chi connectivity index (χ2v) is 4.70. The van der Waals surface area contributed by atoms with Gasteiger partial charge in [-0.1, -0.05) is 5.43 Å². The number of hydrazine groups is 1. The zero-order chi connectivity index (χ0) is 15.8. The summed E-state index contributed by atoms with van der Waals surface area (Å²) in [6.07, 6.45) is 2.34. The number of nitro groups is 1. The second kappa shape index (κ2) is 8.01. The Hall–Kier alpha value is -2.41. The number of amides is 1. The van der Waals surface area contributed by atoms with Crippen molar-refractivity contribution in [1.29, 1.82) is 5.26 Å². The van der Waals surface area contributed by atoms with Crippen LogP contribution in [0, 0.1) is 21.4 Å². The highest BCUT2D eigenvalue weighted by Gasteiger charge is 2.31. The van der Waals surface area contributed by atoms with Gasteiger partial charge in [0.1, 0.15) is 6.04 Å². The Labute approximate surface area is 121 Å². The van der Waals surface area contributed by atoms with E-state index in [2.05, 4.69) is 11.1 Å². The second-order valence-electron chi connectivity index (χ2n) is 4.70. The molecule has 10 heteroatoms. The van der Waals surface area contributed by atoms with E-state index in [9.17, 15) is 14.9 Å². The molecule has 5 N–H and O–H groups in total. The van der Waals surface area contributed by atoms with Gasteiger partial charge in [-0.05, 0) is 25.7 Å². The van der Waals surface area contributed by atoms with Crippen LogP contribution in [0.4, 0.5) is 0 Å². The first-order valence-electron chi connectivity index (χ1n) is 6.62. The summed E-state index contributed by atoms with van der Waals surface area (Å²) in [6.45, 7) is 0.790. The van der Waals surface area contributed by atoms with Crippen molar-refractivity contribution >= 4 is 11.9 Å². The van der Waals surface area contributed by atoms with Gasteiger partial charge in [0.25, 0.3) is 5.96 Å². The first-order valence-corrected chi connectivity index (χ1v) is 6.62. The van der Waals surface area contributed by atoms with E-state index >= 15 is 0 Å². The summed E-state index contributed by atoms with van der Waals surface area (Å²) in [7, 11) is 0. The zero-order valence-corrected chi connectivity index (χ0v) is 11.6. The number of carbonyl (C=O) groups is 1. The smallest absolute Gasteiger partial charge is 0.251 e. The Morgan fingerprint density at radius 2 is 2.38 bits per heavy atom. The number of nitrogens with zero attached hydrogens (tertiary/aromatic N) is 4. The Balaban J connectivity index is 2.34. The van der Waals surface area contributed by atoms with Gasteiger partial charge in [0.05, 0.1) is 12.1 Å². The third-order valence-corrected chi connectivity index (χ3v) is 3.16. The van der Waals surface area contributed by atoms with E-state index in [-0.39, 0.29) is 24.5 Å². The Morgan fingerprint density at radius 1 is 1.67 bits per heavy atom. The van der Waals surface area contributed by atoms with Gasteiger partial charge in [0, 0.05) is 13.1 Å². The van der Waals surface area contributed by atoms with Gasteiger partial charge in [-0.2, -0.15) is 5.26 Å². The molecule has 1 saturated heterocycles. The monoisotopic (exact) mass is 297 g/mol. The van der Waals surface area contributed by atoms with Gasteiger partial charge in [-0.3, -0.25) is 4.79 Å². The van der Waals surface area contributed by atoms with Gasteiger partial charge in [-0.25, -0.2) is 15.1 Å². The minimum Gasteiger partial charge on any atom is -0.365 e. The summed E-state index contributed by atoms with van der Waals surface area (Å²) in [6, 6.07) is 1.01. The molecular weight excluding hydrogens is 278 g/mol. The van der Waals surface area contributed by atoms with Crippen molar-refractivity contribution in [2.24, 2.45) is 16.5 Å². The highest BCUT2D eigenvalue weighted by Crippen LogP contribution is 2.17. The molecular formula is C11H19N7O3. The molecule has 1 aliphatic rings. The molecule has 1 heterocycles. The fourth-order valence-corrected chi connectivity index (χ4v) is 2.14. The molecule has 116 valence electrons. The number of hydrogen-bond donors (Lipinski definition) is 3. The molecule has 0 bridgehead atoms. The Morgan fingerprint density at radius 3 is 3.00 bits per heavy atom. The van der Waals surface area contributed by atoms with Crippen LogP contribution in [-0.2, 0) is 4.79 Å². The molecule has 0 saturated carbocycles. The van der Waals surface area contributed by atoms with E-state index in [4.69, 9.17) is 16.7 Å². The molecule has 1 aliphatic heterocycles. The SMILES string of the molecule is N#CC1CCCN1C(=O)C(N)CCCN=C(N)N[N+](=O)[O-]. The molecule has 0 spiro atoms. The number of nitrogens with two attached hydrogens (primary N) is 2. The predicted molar refractivity (Wildman–Crippen MR) is 74.2 cm³/mol. The summed E-state index contributed by atoms with van der Waals surface area (Å²) in [5, 5.41) is 18.2. The maximum Gasteiger partial charge on any atom is 0.251 e. The van der Waals surface area contributed by atoms with Crippen molar-refractivity contribution in [3.05, 3.63) is 10.1 Å².